The fraction of sp³-hybridized carbons (Fsp3) is 0.0769. The third-order valence-corrected chi connectivity index (χ3v) is 5.43. The van der Waals surface area contributed by atoms with E-state index in [0.29, 0.717) is 4.47 Å². The van der Waals surface area contributed by atoms with Crippen molar-refractivity contribution >= 4 is 35.9 Å². The summed E-state index contributed by atoms with van der Waals surface area (Å²) in [6, 6.07) is 11.3. The summed E-state index contributed by atoms with van der Waals surface area (Å²) in [5.41, 5.74) is 0. The van der Waals surface area contributed by atoms with E-state index in [1.807, 2.05) is 0 Å². The van der Waals surface area contributed by atoms with Crippen molar-refractivity contribution in [2.45, 2.75) is 9.79 Å². The minimum atomic E-state index is -4.01. The van der Waals surface area contributed by atoms with Crippen LogP contribution >= 0.6 is 15.9 Å². The van der Waals surface area contributed by atoms with E-state index in [1.54, 1.807) is 12.1 Å². The molecule has 0 N–H and O–H groups in total. The van der Waals surface area contributed by atoms with E-state index in [0.717, 1.165) is 6.26 Å². The van der Waals surface area contributed by atoms with Crippen LogP contribution in [0.5, 0.6) is 5.75 Å². The second-order valence-electron chi connectivity index (χ2n) is 4.24. The van der Waals surface area contributed by atoms with E-state index in [9.17, 15) is 16.8 Å². The van der Waals surface area contributed by atoms with Crippen LogP contribution in [0.1, 0.15) is 0 Å². The maximum absolute atomic E-state index is 12.1. The smallest absolute Gasteiger partial charge is 0.339 e. The first-order valence-corrected chi connectivity index (χ1v) is 9.78. The van der Waals surface area contributed by atoms with Crippen LogP contribution in [-0.4, -0.2) is 23.1 Å². The summed E-state index contributed by atoms with van der Waals surface area (Å²) >= 11 is 3.22. The summed E-state index contributed by atoms with van der Waals surface area (Å²) in [4.78, 5) is -0.0706. The van der Waals surface area contributed by atoms with Crippen LogP contribution in [0.4, 0.5) is 0 Å². The van der Waals surface area contributed by atoms with E-state index < -0.39 is 20.0 Å². The zero-order chi connectivity index (χ0) is 15.7. The van der Waals surface area contributed by atoms with Crippen LogP contribution < -0.4 is 4.18 Å². The van der Waals surface area contributed by atoms with E-state index >= 15 is 0 Å². The van der Waals surface area contributed by atoms with E-state index in [2.05, 4.69) is 15.9 Å². The van der Waals surface area contributed by atoms with Gasteiger partial charge in [-0.3, -0.25) is 0 Å². The monoisotopic (exact) mass is 390 g/mol. The molecule has 0 radical (unpaired) electrons. The highest BCUT2D eigenvalue weighted by molar-refractivity contribution is 9.10. The molecule has 2 rings (SSSR count). The quantitative estimate of drug-likeness (QED) is 0.749. The van der Waals surface area contributed by atoms with Crippen LogP contribution in [0, 0.1) is 0 Å². The molecule has 0 spiro atoms. The molecule has 8 heteroatoms. The van der Waals surface area contributed by atoms with Gasteiger partial charge in [0.05, 0.1) is 4.90 Å². The van der Waals surface area contributed by atoms with Crippen LogP contribution in [-0.2, 0) is 20.0 Å². The zero-order valence-electron chi connectivity index (χ0n) is 10.9. The predicted octanol–water partition coefficient (Wildman–Crippen LogP) is 2.62. The van der Waals surface area contributed by atoms with Crippen LogP contribution in [0.15, 0.2) is 62.8 Å². The van der Waals surface area contributed by atoms with Crippen LogP contribution in [0.25, 0.3) is 0 Å². The Morgan fingerprint density at radius 3 is 2.00 bits per heavy atom. The van der Waals surface area contributed by atoms with Crippen molar-refractivity contribution in [1.82, 2.24) is 0 Å². The van der Waals surface area contributed by atoms with Gasteiger partial charge in [0, 0.05) is 10.7 Å². The molecule has 0 aromatic heterocycles. The van der Waals surface area contributed by atoms with Crippen LogP contribution in [0.3, 0.4) is 0 Å². The third kappa shape index (κ3) is 4.05. The lowest BCUT2D eigenvalue weighted by atomic mass is 10.3. The largest absolute Gasteiger partial charge is 0.379 e. The van der Waals surface area contributed by atoms with Crippen molar-refractivity contribution < 1.29 is 21.0 Å². The molecule has 0 aliphatic rings. The number of sulfone groups is 1. The molecule has 0 saturated heterocycles. The van der Waals surface area contributed by atoms with E-state index in [-0.39, 0.29) is 15.5 Å². The Bertz CT molecular complexity index is 856. The van der Waals surface area contributed by atoms with Crippen molar-refractivity contribution in [3.63, 3.8) is 0 Å². The summed E-state index contributed by atoms with van der Waals surface area (Å²) in [6.07, 6.45) is 1.05. The molecule has 21 heavy (non-hydrogen) atoms. The Balaban J connectivity index is 2.32. The maximum Gasteiger partial charge on any atom is 0.339 e. The van der Waals surface area contributed by atoms with Crippen LogP contribution in [0.2, 0.25) is 0 Å². The van der Waals surface area contributed by atoms with Gasteiger partial charge < -0.3 is 4.18 Å². The highest BCUT2D eigenvalue weighted by Gasteiger charge is 2.18. The average Bonchev–Trinajstić information content (AvgIpc) is 2.37. The first-order valence-electron chi connectivity index (χ1n) is 5.69. The molecule has 0 fully saturated rings. The molecule has 0 saturated carbocycles. The second-order valence-corrected chi connectivity index (χ2v) is 8.72. The summed E-state index contributed by atoms with van der Waals surface area (Å²) in [5.74, 6) is 0.163. The summed E-state index contributed by atoms with van der Waals surface area (Å²) < 4.78 is 52.5. The normalized spacial score (nSPS) is 12.1. The van der Waals surface area contributed by atoms with Gasteiger partial charge in [0.25, 0.3) is 0 Å². The summed E-state index contributed by atoms with van der Waals surface area (Å²) in [7, 11) is -7.38. The summed E-state index contributed by atoms with van der Waals surface area (Å²) in [6.45, 7) is 0. The van der Waals surface area contributed by atoms with Crippen molar-refractivity contribution in [3.05, 3.63) is 53.0 Å². The Labute approximate surface area is 131 Å². The number of hydrogen-bond acceptors (Lipinski definition) is 5. The summed E-state index contributed by atoms with van der Waals surface area (Å²) in [5, 5.41) is 0. The lowest BCUT2D eigenvalue weighted by Crippen LogP contribution is -2.10. The van der Waals surface area contributed by atoms with Gasteiger partial charge in [-0.05, 0) is 42.5 Å². The van der Waals surface area contributed by atoms with Crippen molar-refractivity contribution in [2.24, 2.45) is 0 Å². The van der Waals surface area contributed by atoms with Crippen molar-refractivity contribution in [3.8, 4) is 5.75 Å². The van der Waals surface area contributed by atoms with Gasteiger partial charge in [0.1, 0.15) is 10.6 Å². The molecule has 112 valence electrons. The Morgan fingerprint density at radius 1 is 0.905 bits per heavy atom. The molecule has 0 aliphatic heterocycles. The van der Waals surface area contributed by atoms with E-state index in [4.69, 9.17) is 4.18 Å². The maximum atomic E-state index is 12.1. The highest BCUT2D eigenvalue weighted by Crippen LogP contribution is 2.23. The highest BCUT2D eigenvalue weighted by atomic mass is 79.9. The Hall–Kier alpha value is -1.38. The van der Waals surface area contributed by atoms with Crippen molar-refractivity contribution in [2.75, 3.05) is 6.26 Å². The molecule has 0 aliphatic carbocycles. The minimum absolute atomic E-state index is 0.0453. The molecule has 5 nitrogen and oxygen atoms in total. The first-order chi connectivity index (χ1) is 9.68. The lowest BCUT2D eigenvalue weighted by molar-refractivity contribution is 0.486. The lowest BCUT2D eigenvalue weighted by Gasteiger charge is -2.07. The molecular weight excluding hydrogens is 380 g/mol. The minimum Gasteiger partial charge on any atom is -0.379 e. The molecule has 0 atom stereocenters. The fourth-order valence-corrected chi connectivity index (χ4v) is 3.48. The average molecular weight is 391 g/mol. The number of benzene rings is 2. The van der Waals surface area contributed by atoms with E-state index in [1.165, 1.54) is 36.4 Å². The van der Waals surface area contributed by atoms with Crippen molar-refractivity contribution in [1.29, 1.82) is 0 Å². The molecule has 2 aromatic carbocycles. The Kier molecular flexibility index (Phi) is 4.40. The second kappa shape index (κ2) is 5.78. The van der Waals surface area contributed by atoms with Gasteiger partial charge in [0.15, 0.2) is 9.84 Å². The van der Waals surface area contributed by atoms with Gasteiger partial charge in [-0.1, -0.05) is 22.0 Å². The standard InChI is InChI=1S/C13H11BrO5S2/c1-20(15,16)12-5-7-13(8-6-12)21(17,18)19-11-4-2-3-10(14)9-11/h2-9H,1H3. The molecule has 0 heterocycles. The molecule has 0 bridgehead atoms. The Morgan fingerprint density at radius 2 is 1.48 bits per heavy atom. The van der Waals surface area contributed by atoms with Gasteiger partial charge >= 0.3 is 10.1 Å². The number of halogens is 1. The topological polar surface area (TPSA) is 77.5 Å². The van der Waals surface area contributed by atoms with Gasteiger partial charge in [-0.2, -0.15) is 8.42 Å². The van der Waals surface area contributed by atoms with Gasteiger partial charge in [0.2, 0.25) is 0 Å². The zero-order valence-corrected chi connectivity index (χ0v) is 14.1. The predicted molar refractivity (Wildman–Crippen MR) is 81.5 cm³/mol. The molecule has 0 amide bonds. The fourth-order valence-electron chi connectivity index (χ4n) is 1.55. The SMILES string of the molecule is CS(=O)(=O)c1ccc(S(=O)(=O)Oc2cccc(Br)c2)cc1. The third-order valence-electron chi connectivity index (χ3n) is 2.54. The molecule has 0 unspecified atom stereocenters. The molecule has 2 aromatic rings. The first kappa shape index (κ1) is 16.0. The van der Waals surface area contributed by atoms with Gasteiger partial charge in [-0.15, -0.1) is 0 Å². The van der Waals surface area contributed by atoms with Gasteiger partial charge in [-0.25, -0.2) is 8.42 Å². The number of rotatable bonds is 4. The number of hydrogen-bond donors (Lipinski definition) is 0. The molecular formula is C13H11BrO5S2.